The minimum absolute atomic E-state index is 1.11. The lowest BCUT2D eigenvalue weighted by atomic mass is 9.94. The second kappa shape index (κ2) is 5.53. The minimum Gasteiger partial charge on any atom is -0.0616 e. The molecule has 0 radical (unpaired) electrons. The number of rotatable bonds is 1. The van der Waals surface area contributed by atoms with Crippen LogP contribution in [0.25, 0.3) is 32.7 Å². The van der Waals surface area contributed by atoms with Gasteiger partial charge < -0.3 is 0 Å². The van der Waals surface area contributed by atoms with Crippen molar-refractivity contribution < 1.29 is 0 Å². The molecule has 106 valence electrons. The van der Waals surface area contributed by atoms with Gasteiger partial charge in [-0.2, -0.15) is 0 Å². The molecule has 0 N–H and O–H groups in total. The van der Waals surface area contributed by atoms with Gasteiger partial charge in [-0.1, -0.05) is 92.5 Å². The van der Waals surface area contributed by atoms with Gasteiger partial charge in [0.15, 0.2) is 0 Å². The molecule has 4 aromatic rings. The third kappa shape index (κ3) is 2.18. The van der Waals surface area contributed by atoms with E-state index in [0.29, 0.717) is 0 Å². The maximum Gasteiger partial charge on any atom is 0.0260 e. The van der Waals surface area contributed by atoms with Crippen LogP contribution in [-0.4, -0.2) is 0 Å². The Balaban J connectivity index is 2.21. The predicted molar refractivity (Wildman–Crippen MR) is 102 cm³/mol. The van der Waals surface area contributed by atoms with Crippen LogP contribution in [0, 0.1) is 0 Å². The summed E-state index contributed by atoms with van der Waals surface area (Å²) >= 11 is 7.51. The van der Waals surface area contributed by atoms with Crippen molar-refractivity contribution in [2.45, 2.75) is 0 Å². The molecule has 0 spiro atoms. The van der Waals surface area contributed by atoms with E-state index in [1.54, 1.807) is 0 Å². The Hall–Kier alpha value is -1.64. The third-order valence-corrected chi connectivity index (χ3v) is 5.33. The highest BCUT2D eigenvalue weighted by Gasteiger charge is 2.14. The summed E-state index contributed by atoms with van der Waals surface area (Å²) in [6.07, 6.45) is 0. The number of hydrogen-bond donors (Lipinski definition) is 0. The van der Waals surface area contributed by atoms with Crippen LogP contribution in [-0.2, 0) is 0 Å². The lowest BCUT2D eigenvalue weighted by Gasteiger charge is -2.14. The van der Waals surface area contributed by atoms with E-state index in [1.165, 1.54) is 32.7 Å². The van der Waals surface area contributed by atoms with E-state index in [0.717, 1.165) is 8.95 Å². The van der Waals surface area contributed by atoms with Gasteiger partial charge in [-0.3, -0.25) is 0 Å². The minimum atomic E-state index is 1.11. The highest BCUT2D eigenvalue weighted by atomic mass is 79.9. The normalized spacial score (nSPS) is 11.2. The molecular weight excluding hydrogens is 400 g/mol. The first kappa shape index (κ1) is 14.0. The average Bonchev–Trinajstić information content (AvgIpc) is 2.56. The molecule has 0 fully saturated rings. The van der Waals surface area contributed by atoms with Crippen LogP contribution in [0.3, 0.4) is 0 Å². The highest BCUT2D eigenvalue weighted by molar-refractivity contribution is 9.11. The van der Waals surface area contributed by atoms with E-state index in [2.05, 4.69) is 105 Å². The van der Waals surface area contributed by atoms with E-state index in [1.807, 2.05) is 0 Å². The summed E-state index contributed by atoms with van der Waals surface area (Å²) in [6.45, 7) is 0. The molecule has 2 heteroatoms. The maximum absolute atomic E-state index is 3.75. The zero-order valence-electron chi connectivity index (χ0n) is 11.7. The molecule has 4 rings (SSSR count). The molecule has 0 aliphatic rings. The first-order chi connectivity index (χ1) is 10.8. The SMILES string of the molecule is Brc1ccc2ccccc2c1-c1c(Br)ccc2ccccc12. The van der Waals surface area contributed by atoms with Crippen LogP contribution < -0.4 is 0 Å². The van der Waals surface area contributed by atoms with Gasteiger partial charge in [0.2, 0.25) is 0 Å². The van der Waals surface area contributed by atoms with Gasteiger partial charge in [0.25, 0.3) is 0 Å². The molecule has 4 aromatic carbocycles. The van der Waals surface area contributed by atoms with Gasteiger partial charge in [0.1, 0.15) is 0 Å². The Morgan fingerprint density at radius 3 is 1.32 bits per heavy atom. The van der Waals surface area contributed by atoms with E-state index in [4.69, 9.17) is 0 Å². The zero-order chi connectivity index (χ0) is 15.1. The summed E-state index contributed by atoms with van der Waals surface area (Å²) in [6, 6.07) is 25.6. The summed E-state index contributed by atoms with van der Waals surface area (Å²) in [7, 11) is 0. The van der Waals surface area contributed by atoms with Crippen molar-refractivity contribution in [1.29, 1.82) is 0 Å². The van der Waals surface area contributed by atoms with E-state index >= 15 is 0 Å². The molecule has 0 saturated heterocycles. The third-order valence-electron chi connectivity index (χ3n) is 4.01. The van der Waals surface area contributed by atoms with Gasteiger partial charge in [-0.05, 0) is 33.7 Å². The summed E-state index contributed by atoms with van der Waals surface area (Å²) in [5.74, 6) is 0. The lowest BCUT2D eigenvalue weighted by molar-refractivity contribution is 1.62. The number of halogens is 2. The standard InChI is InChI=1S/C20H12Br2/c21-17-11-9-13-5-1-3-7-15(13)19(17)20-16-8-4-2-6-14(16)10-12-18(20)22/h1-12H. The summed E-state index contributed by atoms with van der Waals surface area (Å²) in [5.41, 5.74) is 2.48. The fraction of sp³-hybridized carbons (Fsp3) is 0. The number of benzene rings is 4. The Labute approximate surface area is 146 Å². The largest absolute Gasteiger partial charge is 0.0616 e. The number of hydrogen-bond acceptors (Lipinski definition) is 0. The fourth-order valence-electron chi connectivity index (χ4n) is 3.00. The molecule has 0 unspecified atom stereocenters. The summed E-state index contributed by atoms with van der Waals surface area (Å²) in [4.78, 5) is 0. The quantitative estimate of drug-likeness (QED) is 0.311. The van der Waals surface area contributed by atoms with Gasteiger partial charge in [0.05, 0.1) is 0 Å². The molecule has 0 aromatic heterocycles. The van der Waals surface area contributed by atoms with Crippen molar-refractivity contribution in [2.24, 2.45) is 0 Å². The van der Waals surface area contributed by atoms with Crippen molar-refractivity contribution in [3.63, 3.8) is 0 Å². The smallest absolute Gasteiger partial charge is 0.0260 e. The molecule has 0 amide bonds. The maximum atomic E-state index is 3.75. The van der Waals surface area contributed by atoms with Crippen LogP contribution in [0.2, 0.25) is 0 Å². The molecule has 0 atom stereocenters. The highest BCUT2D eigenvalue weighted by Crippen LogP contribution is 2.42. The molecule has 22 heavy (non-hydrogen) atoms. The van der Waals surface area contributed by atoms with Crippen molar-refractivity contribution in [3.05, 3.63) is 81.7 Å². The average molecular weight is 412 g/mol. The Morgan fingerprint density at radius 1 is 0.455 bits per heavy atom. The zero-order valence-corrected chi connectivity index (χ0v) is 14.9. The summed E-state index contributed by atoms with van der Waals surface area (Å²) in [5, 5.41) is 5.02. The lowest BCUT2D eigenvalue weighted by Crippen LogP contribution is -1.87. The molecular formula is C20H12Br2. The van der Waals surface area contributed by atoms with Crippen molar-refractivity contribution in [2.75, 3.05) is 0 Å². The Kier molecular flexibility index (Phi) is 3.51. The predicted octanol–water partition coefficient (Wildman–Crippen LogP) is 7.19. The van der Waals surface area contributed by atoms with Gasteiger partial charge >= 0.3 is 0 Å². The summed E-state index contributed by atoms with van der Waals surface area (Å²) < 4.78 is 2.23. The first-order valence-corrected chi connectivity index (χ1v) is 8.69. The van der Waals surface area contributed by atoms with Gasteiger partial charge in [-0.25, -0.2) is 0 Å². The number of fused-ring (bicyclic) bond motifs is 2. The van der Waals surface area contributed by atoms with Crippen molar-refractivity contribution >= 4 is 53.4 Å². The van der Waals surface area contributed by atoms with Crippen LogP contribution in [0.15, 0.2) is 81.7 Å². The van der Waals surface area contributed by atoms with Gasteiger partial charge in [0, 0.05) is 20.1 Å². The molecule has 0 aliphatic heterocycles. The topological polar surface area (TPSA) is 0 Å². The molecule has 0 heterocycles. The van der Waals surface area contributed by atoms with E-state index < -0.39 is 0 Å². The second-order valence-electron chi connectivity index (χ2n) is 5.29. The van der Waals surface area contributed by atoms with Gasteiger partial charge in [-0.15, -0.1) is 0 Å². The molecule has 0 aliphatic carbocycles. The van der Waals surface area contributed by atoms with Crippen molar-refractivity contribution in [3.8, 4) is 11.1 Å². The van der Waals surface area contributed by atoms with Crippen LogP contribution >= 0.6 is 31.9 Å². The second-order valence-corrected chi connectivity index (χ2v) is 7.00. The van der Waals surface area contributed by atoms with Crippen LogP contribution in [0.1, 0.15) is 0 Å². The fourth-order valence-corrected chi connectivity index (χ4v) is 4.09. The van der Waals surface area contributed by atoms with Crippen LogP contribution in [0.4, 0.5) is 0 Å². The van der Waals surface area contributed by atoms with E-state index in [9.17, 15) is 0 Å². The monoisotopic (exact) mass is 410 g/mol. The Bertz CT molecular complexity index is 920. The Morgan fingerprint density at radius 2 is 0.864 bits per heavy atom. The molecule has 0 nitrogen and oxygen atoms in total. The van der Waals surface area contributed by atoms with E-state index in [-0.39, 0.29) is 0 Å². The molecule has 0 bridgehead atoms. The molecule has 0 saturated carbocycles. The van der Waals surface area contributed by atoms with Crippen LogP contribution in [0.5, 0.6) is 0 Å². The van der Waals surface area contributed by atoms with Crippen molar-refractivity contribution in [1.82, 2.24) is 0 Å². The first-order valence-electron chi connectivity index (χ1n) is 7.10.